The van der Waals surface area contributed by atoms with Gasteiger partial charge in [0.05, 0.1) is 5.02 Å². The lowest BCUT2D eigenvalue weighted by Crippen LogP contribution is -2.15. The number of oxime groups is 1. The van der Waals surface area contributed by atoms with Crippen LogP contribution in [-0.4, -0.2) is 16.0 Å². The van der Waals surface area contributed by atoms with Gasteiger partial charge < -0.3 is 15.7 Å². The molecule has 0 aliphatic carbocycles. The monoisotopic (exact) mass is 341 g/mol. The second-order valence-corrected chi connectivity index (χ2v) is 4.84. The number of rotatable bonds is 3. The van der Waals surface area contributed by atoms with E-state index < -0.39 is 0 Å². The summed E-state index contributed by atoms with van der Waals surface area (Å²) in [5, 5.41) is 12.0. The Hall–Kier alpha value is -1.79. The number of halogens is 2. The van der Waals surface area contributed by atoms with Crippen molar-refractivity contribution < 1.29 is 9.94 Å². The fraction of sp³-hybridized carbons (Fsp3) is 0. The summed E-state index contributed by atoms with van der Waals surface area (Å²) in [5.41, 5.74) is 5.77. The second-order valence-electron chi connectivity index (χ2n) is 3.51. The van der Waals surface area contributed by atoms with Crippen LogP contribution in [0.15, 0.2) is 46.2 Å². The molecule has 0 fully saturated rings. The molecule has 1 aromatic carbocycles. The van der Waals surface area contributed by atoms with Crippen LogP contribution in [0.3, 0.4) is 0 Å². The fourth-order valence-electron chi connectivity index (χ4n) is 1.39. The van der Waals surface area contributed by atoms with Crippen LogP contribution in [0.4, 0.5) is 0 Å². The number of aromatic nitrogens is 1. The molecule has 0 spiro atoms. The zero-order valence-electron chi connectivity index (χ0n) is 9.55. The summed E-state index contributed by atoms with van der Waals surface area (Å²) >= 11 is 9.37. The van der Waals surface area contributed by atoms with Crippen molar-refractivity contribution in [2.45, 2.75) is 0 Å². The third-order valence-electron chi connectivity index (χ3n) is 2.23. The van der Waals surface area contributed by atoms with Crippen molar-refractivity contribution in [3.63, 3.8) is 0 Å². The van der Waals surface area contributed by atoms with E-state index in [4.69, 9.17) is 27.3 Å². The Bertz CT molecular complexity index is 634. The fourth-order valence-corrected chi connectivity index (χ4v) is 2.10. The number of amidine groups is 1. The average Bonchev–Trinajstić information content (AvgIpc) is 2.41. The maximum Gasteiger partial charge on any atom is 0.192 e. The van der Waals surface area contributed by atoms with Crippen molar-refractivity contribution in [3.05, 3.63) is 51.7 Å². The highest BCUT2D eigenvalue weighted by molar-refractivity contribution is 9.10. The number of nitrogens with two attached hydrogens (primary N) is 1. The molecule has 0 atom stereocenters. The molecular weight excluding hydrogens is 334 g/mol. The van der Waals surface area contributed by atoms with Gasteiger partial charge in [-0.2, -0.15) is 0 Å². The third kappa shape index (κ3) is 3.15. The Kier molecular flexibility index (Phi) is 4.24. The topological polar surface area (TPSA) is 80.7 Å². The van der Waals surface area contributed by atoms with Crippen molar-refractivity contribution in [2.24, 2.45) is 10.9 Å². The first-order valence-corrected chi connectivity index (χ1v) is 6.34. The third-order valence-corrected chi connectivity index (χ3v) is 3.02. The molecule has 0 radical (unpaired) electrons. The first-order valence-electron chi connectivity index (χ1n) is 5.17. The maximum absolute atomic E-state index is 8.70. The standard InChI is InChI=1S/C12H9BrClN3O2/c13-7-3-4-9(8(14)6-7)19-10-2-1-5-16-11(10)12(15)17-18/h1-6,18H,(H2,15,17). The predicted molar refractivity (Wildman–Crippen MR) is 76.0 cm³/mol. The van der Waals surface area contributed by atoms with Gasteiger partial charge in [-0.05, 0) is 30.3 Å². The molecule has 1 aromatic heterocycles. The first-order chi connectivity index (χ1) is 9.11. The summed E-state index contributed by atoms with van der Waals surface area (Å²) in [4.78, 5) is 4.00. The van der Waals surface area contributed by atoms with E-state index in [0.717, 1.165) is 4.47 Å². The number of benzene rings is 1. The van der Waals surface area contributed by atoms with Crippen LogP contribution < -0.4 is 10.5 Å². The summed E-state index contributed by atoms with van der Waals surface area (Å²) < 4.78 is 6.47. The number of hydrogen-bond acceptors (Lipinski definition) is 4. The van der Waals surface area contributed by atoms with Crippen molar-refractivity contribution in [1.29, 1.82) is 0 Å². The Morgan fingerprint density at radius 2 is 2.16 bits per heavy atom. The van der Waals surface area contributed by atoms with E-state index >= 15 is 0 Å². The van der Waals surface area contributed by atoms with Crippen LogP contribution in [-0.2, 0) is 0 Å². The quantitative estimate of drug-likeness (QED) is 0.388. The van der Waals surface area contributed by atoms with Crippen LogP contribution in [0.1, 0.15) is 5.69 Å². The summed E-state index contributed by atoms with van der Waals surface area (Å²) in [7, 11) is 0. The van der Waals surface area contributed by atoms with Crippen LogP contribution >= 0.6 is 27.5 Å². The molecule has 0 saturated carbocycles. The van der Waals surface area contributed by atoms with Gasteiger partial charge in [-0.1, -0.05) is 32.7 Å². The van der Waals surface area contributed by atoms with E-state index in [1.807, 2.05) is 0 Å². The molecule has 0 saturated heterocycles. The van der Waals surface area contributed by atoms with Crippen LogP contribution in [0, 0.1) is 0 Å². The Morgan fingerprint density at radius 1 is 1.37 bits per heavy atom. The molecule has 2 rings (SSSR count). The SMILES string of the molecule is N/C(=N/O)c1ncccc1Oc1ccc(Br)cc1Cl. The number of pyridine rings is 1. The lowest BCUT2D eigenvalue weighted by Gasteiger charge is -2.10. The van der Waals surface area contributed by atoms with Gasteiger partial charge >= 0.3 is 0 Å². The zero-order valence-corrected chi connectivity index (χ0v) is 11.9. The lowest BCUT2D eigenvalue weighted by molar-refractivity contribution is 0.318. The zero-order chi connectivity index (χ0) is 13.8. The summed E-state index contributed by atoms with van der Waals surface area (Å²) in [5.74, 6) is 0.663. The van der Waals surface area contributed by atoms with Crippen LogP contribution in [0.25, 0.3) is 0 Å². The highest BCUT2D eigenvalue weighted by Gasteiger charge is 2.12. The van der Waals surface area contributed by atoms with Gasteiger partial charge in [0.1, 0.15) is 5.75 Å². The molecule has 3 N–H and O–H groups in total. The van der Waals surface area contributed by atoms with Gasteiger partial charge in [-0.15, -0.1) is 0 Å². The molecule has 0 unspecified atom stereocenters. The van der Waals surface area contributed by atoms with Gasteiger partial charge in [0.2, 0.25) is 0 Å². The van der Waals surface area contributed by atoms with Gasteiger partial charge in [-0.25, -0.2) is 4.98 Å². The van der Waals surface area contributed by atoms with Crippen molar-refractivity contribution >= 4 is 33.4 Å². The van der Waals surface area contributed by atoms with Crippen LogP contribution in [0.5, 0.6) is 11.5 Å². The number of hydrogen-bond donors (Lipinski definition) is 2. The van der Waals surface area contributed by atoms with E-state index in [1.54, 1.807) is 30.3 Å². The summed E-state index contributed by atoms with van der Waals surface area (Å²) in [6.45, 7) is 0. The van der Waals surface area contributed by atoms with E-state index in [-0.39, 0.29) is 11.5 Å². The minimum absolute atomic E-state index is 0.135. The Morgan fingerprint density at radius 3 is 2.84 bits per heavy atom. The second kappa shape index (κ2) is 5.90. The molecule has 0 bridgehead atoms. The molecule has 0 aliphatic rings. The van der Waals surface area contributed by atoms with Crippen molar-refractivity contribution in [1.82, 2.24) is 4.98 Å². The summed E-state index contributed by atoms with van der Waals surface area (Å²) in [6, 6.07) is 8.53. The van der Waals surface area contributed by atoms with E-state index in [0.29, 0.717) is 16.5 Å². The highest BCUT2D eigenvalue weighted by atomic mass is 79.9. The lowest BCUT2D eigenvalue weighted by atomic mass is 10.3. The molecule has 1 heterocycles. The van der Waals surface area contributed by atoms with E-state index in [2.05, 4.69) is 26.1 Å². The van der Waals surface area contributed by atoms with E-state index in [9.17, 15) is 0 Å². The normalized spacial score (nSPS) is 11.4. The molecule has 5 nitrogen and oxygen atoms in total. The average molecular weight is 343 g/mol. The largest absolute Gasteiger partial charge is 0.453 e. The molecule has 98 valence electrons. The van der Waals surface area contributed by atoms with Gasteiger partial charge in [0, 0.05) is 10.7 Å². The smallest absolute Gasteiger partial charge is 0.192 e. The minimum Gasteiger partial charge on any atom is -0.453 e. The predicted octanol–water partition coefficient (Wildman–Crippen LogP) is 3.38. The van der Waals surface area contributed by atoms with Crippen LogP contribution in [0.2, 0.25) is 5.02 Å². The van der Waals surface area contributed by atoms with Crippen molar-refractivity contribution in [2.75, 3.05) is 0 Å². The first kappa shape index (κ1) is 13.6. The Labute approximate surface area is 122 Å². The molecule has 19 heavy (non-hydrogen) atoms. The molecule has 0 amide bonds. The number of nitrogens with zero attached hydrogens (tertiary/aromatic N) is 2. The summed E-state index contributed by atoms with van der Waals surface area (Å²) in [6.07, 6.45) is 1.52. The van der Waals surface area contributed by atoms with Gasteiger partial charge in [0.25, 0.3) is 0 Å². The van der Waals surface area contributed by atoms with Crippen molar-refractivity contribution in [3.8, 4) is 11.5 Å². The van der Waals surface area contributed by atoms with E-state index in [1.165, 1.54) is 6.20 Å². The van der Waals surface area contributed by atoms with Gasteiger partial charge in [-0.3, -0.25) is 0 Å². The minimum atomic E-state index is -0.135. The number of ether oxygens (including phenoxy) is 1. The van der Waals surface area contributed by atoms with Gasteiger partial charge in [0.15, 0.2) is 17.3 Å². The highest BCUT2D eigenvalue weighted by Crippen LogP contribution is 2.32. The Balaban J connectivity index is 2.38. The molecule has 7 heteroatoms. The maximum atomic E-state index is 8.70. The molecule has 2 aromatic rings. The molecule has 0 aliphatic heterocycles. The molecular formula is C12H9BrClN3O2.